The molecule has 0 unspecified atom stereocenters. The summed E-state index contributed by atoms with van der Waals surface area (Å²) in [4.78, 5) is 31.0. The van der Waals surface area contributed by atoms with E-state index in [-0.39, 0.29) is 5.91 Å². The van der Waals surface area contributed by atoms with E-state index < -0.39 is 6.03 Å². The van der Waals surface area contributed by atoms with Crippen LogP contribution >= 0.6 is 24.0 Å². The van der Waals surface area contributed by atoms with E-state index in [4.69, 9.17) is 12.2 Å². The van der Waals surface area contributed by atoms with E-state index in [0.29, 0.717) is 38.5 Å². The molecular weight excluding hydrogens is 494 g/mol. The van der Waals surface area contributed by atoms with Crippen LogP contribution in [0.4, 0.5) is 21.9 Å². The third kappa shape index (κ3) is 6.68. The number of aromatic nitrogens is 1. The molecule has 0 saturated carbocycles. The number of nitrogens with one attached hydrogen (secondary N) is 2. The van der Waals surface area contributed by atoms with Gasteiger partial charge in [-0.15, -0.1) is 0 Å². The molecule has 0 aliphatic carbocycles. The first-order valence-corrected chi connectivity index (χ1v) is 12.1. The highest BCUT2D eigenvalue weighted by Crippen LogP contribution is 2.31. The SMILES string of the molecule is CCN1C(=O)C(=Cc2cccc(C=NNC(=O)Nc3ccc(N=Nc4ccccc4)cc3)n2)SC1=S. The Bertz CT molecular complexity index is 1360. The Hall–Kier alpha value is -4.22. The molecule has 3 aromatic rings. The molecule has 2 aromatic carbocycles. The van der Waals surface area contributed by atoms with Crippen molar-refractivity contribution in [3.05, 3.63) is 89.1 Å². The molecule has 3 amide bonds. The topological polar surface area (TPSA) is 111 Å². The van der Waals surface area contributed by atoms with Crippen molar-refractivity contribution in [3.63, 3.8) is 0 Å². The molecule has 9 nitrogen and oxygen atoms in total. The van der Waals surface area contributed by atoms with Crippen molar-refractivity contribution in [2.45, 2.75) is 6.92 Å². The van der Waals surface area contributed by atoms with Gasteiger partial charge in [0.25, 0.3) is 5.91 Å². The second kappa shape index (κ2) is 12.0. The molecule has 11 heteroatoms. The average Bonchev–Trinajstić information content (AvgIpc) is 3.16. The number of hydrazone groups is 1. The lowest BCUT2D eigenvalue weighted by Crippen LogP contribution is -2.27. The van der Waals surface area contributed by atoms with Gasteiger partial charge in [0.2, 0.25) is 0 Å². The van der Waals surface area contributed by atoms with Crippen LogP contribution in [-0.4, -0.2) is 38.9 Å². The first-order valence-electron chi connectivity index (χ1n) is 10.9. The summed E-state index contributed by atoms with van der Waals surface area (Å²) in [6.45, 7) is 2.40. The van der Waals surface area contributed by atoms with Crippen LogP contribution in [0.15, 0.2) is 93.0 Å². The number of pyridine rings is 1. The fourth-order valence-corrected chi connectivity index (χ4v) is 4.43. The summed E-state index contributed by atoms with van der Waals surface area (Å²) in [7, 11) is 0. The zero-order valence-corrected chi connectivity index (χ0v) is 20.8. The van der Waals surface area contributed by atoms with Crippen LogP contribution in [0.25, 0.3) is 6.08 Å². The van der Waals surface area contributed by atoms with Crippen molar-refractivity contribution in [3.8, 4) is 0 Å². The highest BCUT2D eigenvalue weighted by atomic mass is 32.2. The van der Waals surface area contributed by atoms with E-state index in [0.717, 1.165) is 5.69 Å². The summed E-state index contributed by atoms with van der Waals surface area (Å²) in [5.41, 5.74) is 5.49. The number of rotatable bonds is 7. The molecule has 36 heavy (non-hydrogen) atoms. The van der Waals surface area contributed by atoms with Crippen LogP contribution in [0.3, 0.4) is 0 Å². The third-order valence-electron chi connectivity index (χ3n) is 4.79. The normalized spacial score (nSPS) is 14.8. The van der Waals surface area contributed by atoms with E-state index >= 15 is 0 Å². The number of hydrogen-bond donors (Lipinski definition) is 2. The van der Waals surface area contributed by atoms with Crippen LogP contribution in [0.5, 0.6) is 0 Å². The first-order chi connectivity index (χ1) is 17.5. The van der Waals surface area contributed by atoms with Gasteiger partial charge >= 0.3 is 6.03 Å². The number of carbonyl (C=O) groups excluding carboxylic acids is 2. The molecule has 1 aliphatic rings. The van der Waals surface area contributed by atoms with E-state index in [2.05, 4.69) is 31.1 Å². The maximum atomic E-state index is 12.4. The van der Waals surface area contributed by atoms with Crippen molar-refractivity contribution in [1.29, 1.82) is 0 Å². The molecule has 0 bridgehead atoms. The lowest BCUT2D eigenvalue weighted by molar-refractivity contribution is -0.121. The molecule has 2 heterocycles. The lowest BCUT2D eigenvalue weighted by Gasteiger charge is -2.09. The Kier molecular flexibility index (Phi) is 8.27. The predicted molar refractivity (Wildman–Crippen MR) is 147 cm³/mol. The minimum Gasteiger partial charge on any atom is -0.307 e. The van der Waals surface area contributed by atoms with Crippen molar-refractivity contribution < 1.29 is 9.59 Å². The quantitative estimate of drug-likeness (QED) is 0.134. The third-order valence-corrected chi connectivity index (χ3v) is 6.16. The maximum Gasteiger partial charge on any atom is 0.339 e. The molecule has 0 atom stereocenters. The monoisotopic (exact) mass is 515 g/mol. The zero-order chi connectivity index (χ0) is 25.3. The van der Waals surface area contributed by atoms with Crippen LogP contribution in [0.1, 0.15) is 18.3 Å². The number of urea groups is 1. The standard InChI is InChI=1S/C25H21N7O2S2/c1-2-32-23(33)22(36-25(32)35)15-20-9-6-10-21(27-20)16-26-31-24(34)28-17-11-13-19(14-12-17)30-29-18-7-4-3-5-8-18/h3-16H,2H2,1H3,(H2,28,31,34). The van der Waals surface area contributed by atoms with Crippen LogP contribution < -0.4 is 10.7 Å². The number of benzene rings is 2. The number of anilines is 1. The minimum atomic E-state index is -0.510. The lowest BCUT2D eigenvalue weighted by atomic mass is 10.3. The fourth-order valence-electron chi connectivity index (χ4n) is 3.07. The summed E-state index contributed by atoms with van der Waals surface area (Å²) >= 11 is 6.48. The number of likely N-dealkylation sites (N-methyl/N-ethyl adjacent to an activating group) is 1. The Morgan fingerprint density at radius 1 is 1.00 bits per heavy atom. The highest BCUT2D eigenvalue weighted by Gasteiger charge is 2.30. The Morgan fingerprint density at radius 3 is 2.39 bits per heavy atom. The second-order valence-corrected chi connectivity index (χ2v) is 9.00. The van der Waals surface area contributed by atoms with Crippen molar-refractivity contribution in [1.82, 2.24) is 15.3 Å². The molecule has 0 spiro atoms. The first kappa shape index (κ1) is 24.9. The Balaban J connectivity index is 1.30. The average molecular weight is 516 g/mol. The van der Waals surface area contributed by atoms with E-state index in [1.54, 1.807) is 53.4 Å². The minimum absolute atomic E-state index is 0.126. The number of carbonyl (C=O) groups is 2. The number of nitrogens with zero attached hydrogens (tertiary/aromatic N) is 5. The number of amides is 3. The Morgan fingerprint density at radius 2 is 1.69 bits per heavy atom. The van der Waals surface area contributed by atoms with Gasteiger partial charge in [-0.1, -0.05) is 48.2 Å². The fraction of sp³-hybridized carbons (Fsp3) is 0.0800. The maximum absolute atomic E-state index is 12.4. The van der Waals surface area contributed by atoms with E-state index in [9.17, 15) is 9.59 Å². The highest BCUT2D eigenvalue weighted by molar-refractivity contribution is 8.26. The summed E-state index contributed by atoms with van der Waals surface area (Å²) < 4.78 is 0.535. The molecule has 0 radical (unpaired) electrons. The number of thiocarbonyl (C=S) groups is 1. The molecule has 1 fully saturated rings. The summed E-state index contributed by atoms with van der Waals surface area (Å²) in [6, 6.07) is 21.1. The summed E-state index contributed by atoms with van der Waals surface area (Å²) in [6.07, 6.45) is 3.11. The van der Waals surface area contributed by atoms with Crippen LogP contribution in [0.2, 0.25) is 0 Å². The van der Waals surface area contributed by atoms with Crippen molar-refractivity contribution >= 4 is 69.6 Å². The molecule has 1 saturated heterocycles. The predicted octanol–water partition coefficient (Wildman–Crippen LogP) is 5.87. The zero-order valence-electron chi connectivity index (χ0n) is 19.2. The van der Waals surface area contributed by atoms with Gasteiger partial charge in [0.05, 0.1) is 33.9 Å². The second-order valence-electron chi connectivity index (χ2n) is 7.32. The van der Waals surface area contributed by atoms with Gasteiger partial charge in [-0.2, -0.15) is 15.3 Å². The molecule has 1 aromatic heterocycles. The van der Waals surface area contributed by atoms with Crippen LogP contribution in [0, 0.1) is 0 Å². The van der Waals surface area contributed by atoms with Gasteiger partial charge in [-0.05, 0) is 61.5 Å². The van der Waals surface area contributed by atoms with E-state index in [1.165, 1.54) is 18.0 Å². The Labute approximate surface area is 217 Å². The van der Waals surface area contributed by atoms with Crippen LogP contribution in [-0.2, 0) is 4.79 Å². The molecule has 180 valence electrons. The van der Waals surface area contributed by atoms with Gasteiger partial charge in [-0.25, -0.2) is 15.2 Å². The summed E-state index contributed by atoms with van der Waals surface area (Å²) in [5, 5.41) is 14.9. The molecule has 4 rings (SSSR count). The molecule has 1 aliphatic heterocycles. The summed E-state index contributed by atoms with van der Waals surface area (Å²) in [5.74, 6) is -0.126. The number of azo groups is 1. The largest absolute Gasteiger partial charge is 0.339 e. The molecule has 2 N–H and O–H groups in total. The molecular formula is C25H21N7O2S2. The smallest absolute Gasteiger partial charge is 0.307 e. The number of thioether (sulfide) groups is 1. The van der Waals surface area contributed by atoms with Crippen molar-refractivity contribution in [2.24, 2.45) is 15.3 Å². The van der Waals surface area contributed by atoms with Gasteiger partial charge in [-0.3, -0.25) is 9.69 Å². The number of hydrogen-bond acceptors (Lipinski definition) is 8. The van der Waals surface area contributed by atoms with E-state index in [1.807, 2.05) is 37.3 Å². The van der Waals surface area contributed by atoms with Gasteiger partial charge in [0, 0.05) is 12.2 Å². The van der Waals surface area contributed by atoms with Gasteiger partial charge in [0.15, 0.2) is 0 Å². The van der Waals surface area contributed by atoms with Gasteiger partial charge in [0.1, 0.15) is 4.32 Å². The van der Waals surface area contributed by atoms with Crippen molar-refractivity contribution in [2.75, 3.05) is 11.9 Å². The van der Waals surface area contributed by atoms with Gasteiger partial charge < -0.3 is 5.32 Å².